The Morgan fingerprint density at radius 2 is 2.04 bits per heavy atom. The lowest BCUT2D eigenvalue weighted by Crippen LogP contribution is -2.44. The van der Waals surface area contributed by atoms with Crippen LogP contribution in [0.25, 0.3) is 0 Å². The van der Waals surface area contributed by atoms with Gasteiger partial charge in [-0.05, 0) is 24.3 Å². The maximum atomic E-state index is 12.4. The monoisotopic (exact) mass is 375 g/mol. The molecule has 0 radical (unpaired) electrons. The molecule has 136 valence electrons. The molecule has 0 saturated carbocycles. The van der Waals surface area contributed by atoms with E-state index in [1.807, 2.05) is 30.3 Å². The number of halogens is 1. The van der Waals surface area contributed by atoms with E-state index in [1.165, 1.54) is 0 Å². The van der Waals surface area contributed by atoms with Gasteiger partial charge in [-0.3, -0.25) is 4.79 Å². The fraction of sp³-hybridized carbons (Fsp3) is 0.562. The molecule has 0 bridgehead atoms. The average molecular weight is 376 g/mol. The molecule has 1 aromatic carbocycles. The molecule has 1 heterocycles. The zero-order valence-corrected chi connectivity index (χ0v) is 15.5. The van der Waals surface area contributed by atoms with Gasteiger partial charge in [0.2, 0.25) is 15.9 Å². The number of amides is 1. The first-order chi connectivity index (χ1) is 10.8. The van der Waals surface area contributed by atoms with Gasteiger partial charge in [0.25, 0.3) is 0 Å². The summed E-state index contributed by atoms with van der Waals surface area (Å²) in [6.45, 7) is 1.69. The summed E-state index contributed by atoms with van der Waals surface area (Å²) in [5.74, 6) is 0.195. The lowest BCUT2D eigenvalue weighted by atomic mass is 9.97. The van der Waals surface area contributed by atoms with Gasteiger partial charge in [0.15, 0.2) is 0 Å². The van der Waals surface area contributed by atoms with Gasteiger partial charge in [-0.15, -0.1) is 12.4 Å². The maximum absolute atomic E-state index is 12.4. The van der Waals surface area contributed by atoms with Gasteiger partial charge in [-0.2, -0.15) is 0 Å². The number of piperidine rings is 1. The van der Waals surface area contributed by atoms with Crippen LogP contribution in [0.3, 0.4) is 0 Å². The van der Waals surface area contributed by atoms with Crippen LogP contribution in [0.4, 0.5) is 0 Å². The van der Waals surface area contributed by atoms with Gasteiger partial charge >= 0.3 is 0 Å². The highest BCUT2D eigenvalue weighted by Gasteiger charge is 2.25. The number of carbonyl (C=O) groups is 1. The summed E-state index contributed by atoms with van der Waals surface area (Å²) in [4.78, 5) is 14.2. The van der Waals surface area contributed by atoms with Gasteiger partial charge in [0.1, 0.15) is 0 Å². The van der Waals surface area contributed by atoms with E-state index < -0.39 is 10.0 Å². The smallest absolute Gasteiger partial charge is 0.224 e. The number of nitrogens with zero attached hydrogens (tertiary/aromatic N) is 1. The van der Waals surface area contributed by atoms with Crippen LogP contribution in [0.1, 0.15) is 30.9 Å². The van der Waals surface area contributed by atoms with Crippen LogP contribution in [0.5, 0.6) is 0 Å². The van der Waals surface area contributed by atoms with Crippen molar-refractivity contribution in [1.82, 2.24) is 9.62 Å². The van der Waals surface area contributed by atoms with Crippen LogP contribution in [-0.2, 0) is 14.8 Å². The van der Waals surface area contributed by atoms with Crippen molar-refractivity contribution in [3.63, 3.8) is 0 Å². The van der Waals surface area contributed by atoms with E-state index in [2.05, 4.69) is 4.72 Å². The normalized spacial score (nSPS) is 19.4. The summed E-state index contributed by atoms with van der Waals surface area (Å²) < 4.78 is 24.9. The molecule has 1 fully saturated rings. The molecule has 2 unspecified atom stereocenters. The second kappa shape index (κ2) is 9.36. The SMILES string of the molecule is CS(=O)(=O)NCC1CCCN(C(=O)CC(N)c2ccccc2)C1.Cl. The molecular formula is C16H26ClN3O3S. The second-order valence-corrected chi connectivity index (χ2v) is 8.02. The number of likely N-dealkylation sites (tertiary alicyclic amines) is 1. The first kappa shape index (κ1) is 20.9. The topological polar surface area (TPSA) is 92.5 Å². The fourth-order valence-corrected chi connectivity index (χ4v) is 3.40. The minimum absolute atomic E-state index is 0. The van der Waals surface area contributed by atoms with E-state index in [1.54, 1.807) is 4.90 Å². The van der Waals surface area contributed by atoms with E-state index in [9.17, 15) is 13.2 Å². The van der Waals surface area contributed by atoms with Gasteiger partial charge in [0, 0.05) is 32.1 Å². The minimum Gasteiger partial charge on any atom is -0.342 e. The lowest BCUT2D eigenvalue weighted by molar-refractivity contribution is -0.133. The molecule has 8 heteroatoms. The average Bonchev–Trinajstić information content (AvgIpc) is 2.53. The van der Waals surface area contributed by atoms with Crippen molar-refractivity contribution in [2.75, 3.05) is 25.9 Å². The molecule has 0 aromatic heterocycles. The molecule has 2 rings (SSSR count). The maximum Gasteiger partial charge on any atom is 0.224 e. The Labute approximate surface area is 150 Å². The third kappa shape index (κ3) is 6.76. The number of hydrogen-bond donors (Lipinski definition) is 2. The molecule has 1 aliphatic rings. The van der Waals surface area contributed by atoms with E-state index in [0.29, 0.717) is 13.1 Å². The number of sulfonamides is 1. The number of benzene rings is 1. The van der Waals surface area contributed by atoms with Gasteiger partial charge < -0.3 is 10.6 Å². The largest absolute Gasteiger partial charge is 0.342 e. The molecule has 1 aliphatic heterocycles. The van der Waals surface area contributed by atoms with Crippen LogP contribution in [0.15, 0.2) is 30.3 Å². The molecule has 24 heavy (non-hydrogen) atoms. The highest BCUT2D eigenvalue weighted by molar-refractivity contribution is 7.88. The standard InChI is InChI=1S/C16H25N3O3S.ClH/c1-23(21,22)18-11-13-6-5-9-19(12-13)16(20)10-15(17)14-7-3-2-4-8-14;/h2-4,7-8,13,15,18H,5-6,9-12,17H2,1H3;1H. The van der Waals surface area contributed by atoms with Crippen LogP contribution < -0.4 is 10.5 Å². The Bertz CT molecular complexity index is 625. The van der Waals surface area contributed by atoms with Crippen molar-refractivity contribution in [2.45, 2.75) is 25.3 Å². The Hall–Kier alpha value is -1.15. The number of rotatable bonds is 6. The van der Waals surface area contributed by atoms with Crippen molar-refractivity contribution in [1.29, 1.82) is 0 Å². The summed E-state index contributed by atoms with van der Waals surface area (Å²) in [6.07, 6.45) is 3.24. The summed E-state index contributed by atoms with van der Waals surface area (Å²) in [5.41, 5.74) is 7.07. The molecule has 2 atom stereocenters. The summed E-state index contributed by atoms with van der Waals surface area (Å²) in [7, 11) is -3.19. The minimum atomic E-state index is -3.19. The lowest BCUT2D eigenvalue weighted by Gasteiger charge is -2.33. The molecule has 1 aromatic rings. The van der Waals surface area contributed by atoms with Gasteiger partial charge in [-0.1, -0.05) is 30.3 Å². The van der Waals surface area contributed by atoms with Gasteiger partial charge in [0.05, 0.1) is 6.26 Å². The second-order valence-electron chi connectivity index (χ2n) is 6.19. The highest BCUT2D eigenvalue weighted by atomic mass is 35.5. The van der Waals surface area contributed by atoms with E-state index in [4.69, 9.17) is 5.73 Å². The first-order valence-corrected chi connectivity index (χ1v) is 9.77. The fourth-order valence-electron chi connectivity index (χ4n) is 2.86. The van der Waals surface area contributed by atoms with E-state index in [-0.39, 0.29) is 36.7 Å². The highest BCUT2D eigenvalue weighted by Crippen LogP contribution is 2.20. The Morgan fingerprint density at radius 3 is 2.67 bits per heavy atom. The molecule has 6 nitrogen and oxygen atoms in total. The van der Waals surface area contributed by atoms with Crippen LogP contribution >= 0.6 is 12.4 Å². The summed E-state index contributed by atoms with van der Waals surface area (Å²) in [5, 5.41) is 0. The van der Waals surface area contributed by atoms with Gasteiger partial charge in [-0.25, -0.2) is 13.1 Å². The number of carbonyl (C=O) groups excluding carboxylic acids is 1. The molecule has 0 spiro atoms. The molecule has 1 saturated heterocycles. The van der Waals surface area contributed by atoms with Crippen LogP contribution in [0, 0.1) is 5.92 Å². The quantitative estimate of drug-likeness (QED) is 0.783. The van der Waals surface area contributed by atoms with Crippen molar-refractivity contribution in [3.05, 3.63) is 35.9 Å². The Morgan fingerprint density at radius 1 is 1.38 bits per heavy atom. The third-order valence-corrected chi connectivity index (χ3v) is 4.82. The van der Waals surface area contributed by atoms with E-state index >= 15 is 0 Å². The number of nitrogens with one attached hydrogen (secondary N) is 1. The Kier molecular flexibility index (Phi) is 8.15. The molecule has 1 amide bonds. The zero-order valence-electron chi connectivity index (χ0n) is 13.8. The predicted molar refractivity (Wildman–Crippen MR) is 97.4 cm³/mol. The number of hydrogen-bond acceptors (Lipinski definition) is 4. The third-order valence-electron chi connectivity index (χ3n) is 4.13. The van der Waals surface area contributed by atoms with Crippen molar-refractivity contribution in [2.24, 2.45) is 11.7 Å². The van der Waals surface area contributed by atoms with E-state index in [0.717, 1.165) is 31.2 Å². The summed E-state index contributed by atoms with van der Waals surface area (Å²) >= 11 is 0. The molecule has 3 N–H and O–H groups in total. The molecule has 0 aliphatic carbocycles. The predicted octanol–water partition coefficient (Wildman–Crippen LogP) is 1.29. The summed E-state index contributed by atoms with van der Waals surface area (Å²) in [6, 6.07) is 9.28. The Balaban J connectivity index is 0.00000288. The first-order valence-electron chi connectivity index (χ1n) is 7.88. The van der Waals surface area contributed by atoms with Crippen molar-refractivity contribution in [3.8, 4) is 0 Å². The number of nitrogens with two attached hydrogens (primary N) is 1. The molecular weight excluding hydrogens is 350 g/mol. The zero-order chi connectivity index (χ0) is 16.9. The van der Waals surface area contributed by atoms with Crippen molar-refractivity contribution >= 4 is 28.3 Å². The van der Waals surface area contributed by atoms with Crippen LogP contribution in [-0.4, -0.2) is 45.1 Å². The van der Waals surface area contributed by atoms with Crippen LogP contribution in [0.2, 0.25) is 0 Å². The van der Waals surface area contributed by atoms with Crippen molar-refractivity contribution < 1.29 is 13.2 Å².